The van der Waals surface area contributed by atoms with Gasteiger partial charge in [-0.15, -0.1) is 5.10 Å². The first-order valence-electron chi connectivity index (χ1n) is 7.73. The monoisotopic (exact) mass is 343 g/mol. The van der Waals surface area contributed by atoms with Crippen LogP contribution in [0.1, 0.15) is 19.5 Å². The minimum atomic E-state index is 0.187. The van der Waals surface area contributed by atoms with E-state index in [0.717, 1.165) is 51.5 Å². The first kappa shape index (κ1) is 16.1. The molecule has 0 aliphatic carbocycles. The van der Waals surface area contributed by atoms with Gasteiger partial charge in [0.25, 0.3) is 0 Å². The highest BCUT2D eigenvalue weighted by molar-refractivity contribution is 7.10. The Kier molecular flexibility index (Phi) is 4.97. The lowest BCUT2D eigenvalue weighted by Crippen LogP contribution is -2.53. The molecular formula is C14H22ClN5OS. The third kappa shape index (κ3) is 3.42. The molecule has 1 amide bonds. The summed E-state index contributed by atoms with van der Waals surface area (Å²) in [5, 5.41) is 4.11. The van der Waals surface area contributed by atoms with Gasteiger partial charge in [-0.3, -0.25) is 14.6 Å². The lowest BCUT2D eigenvalue weighted by Gasteiger charge is -2.39. The maximum atomic E-state index is 11.4. The van der Waals surface area contributed by atoms with Crippen molar-refractivity contribution in [3.05, 3.63) is 10.0 Å². The number of carbonyl (C=O) groups excluding carboxylic acids is 1. The topological polar surface area (TPSA) is 52.6 Å². The van der Waals surface area contributed by atoms with Crippen molar-refractivity contribution in [3.63, 3.8) is 0 Å². The van der Waals surface area contributed by atoms with Crippen LogP contribution in [-0.2, 0) is 11.3 Å². The molecular weight excluding hydrogens is 322 g/mol. The van der Waals surface area contributed by atoms with Gasteiger partial charge < -0.3 is 4.90 Å². The van der Waals surface area contributed by atoms with Gasteiger partial charge in [-0.1, -0.05) is 23.0 Å². The van der Waals surface area contributed by atoms with Crippen molar-refractivity contribution in [2.24, 2.45) is 5.92 Å². The fourth-order valence-corrected chi connectivity index (χ4v) is 4.14. The molecule has 2 atom stereocenters. The number of carbonyl (C=O) groups is 1. The minimum Gasteiger partial charge on any atom is -0.340 e. The van der Waals surface area contributed by atoms with E-state index < -0.39 is 0 Å². The van der Waals surface area contributed by atoms with Gasteiger partial charge >= 0.3 is 0 Å². The van der Waals surface area contributed by atoms with E-state index >= 15 is 0 Å². The molecule has 0 bridgehead atoms. The highest BCUT2D eigenvalue weighted by Gasteiger charge is 2.35. The third-order valence-electron chi connectivity index (χ3n) is 4.76. The summed E-state index contributed by atoms with van der Waals surface area (Å²) in [5.74, 6) is 0.806. The fraction of sp³-hybridized carbons (Fsp3) is 0.786. The molecule has 2 saturated heterocycles. The van der Waals surface area contributed by atoms with Crippen LogP contribution < -0.4 is 0 Å². The summed E-state index contributed by atoms with van der Waals surface area (Å²) in [5.41, 5.74) is 0.890. The van der Waals surface area contributed by atoms with E-state index in [-0.39, 0.29) is 5.91 Å². The van der Waals surface area contributed by atoms with Gasteiger partial charge in [-0.25, -0.2) is 0 Å². The maximum absolute atomic E-state index is 11.4. The van der Waals surface area contributed by atoms with Crippen molar-refractivity contribution < 1.29 is 4.79 Å². The number of hydrogen-bond acceptors (Lipinski definition) is 6. The van der Waals surface area contributed by atoms with Crippen LogP contribution in [0.15, 0.2) is 0 Å². The highest BCUT2D eigenvalue weighted by Crippen LogP contribution is 2.26. The summed E-state index contributed by atoms with van der Waals surface area (Å²) in [6.45, 7) is 10.5. The first-order valence-corrected chi connectivity index (χ1v) is 8.88. The smallest absolute Gasteiger partial charge is 0.219 e. The van der Waals surface area contributed by atoms with Gasteiger partial charge in [0, 0.05) is 70.3 Å². The average molecular weight is 344 g/mol. The van der Waals surface area contributed by atoms with Crippen molar-refractivity contribution in [1.82, 2.24) is 24.3 Å². The second-order valence-corrected chi connectivity index (χ2v) is 7.63. The molecule has 0 spiro atoms. The maximum Gasteiger partial charge on any atom is 0.219 e. The second kappa shape index (κ2) is 6.78. The summed E-state index contributed by atoms with van der Waals surface area (Å²) in [6, 6.07) is 0.555. The zero-order valence-corrected chi connectivity index (χ0v) is 14.6. The van der Waals surface area contributed by atoms with Crippen molar-refractivity contribution in [2.75, 3.05) is 39.3 Å². The Hall–Kier alpha value is -0.760. The molecule has 0 saturated carbocycles. The van der Waals surface area contributed by atoms with Crippen molar-refractivity contribution in [3.8, 4) is 0 Å². The van der Waals surface area contributed by atoms with Gasteiger partial charge in [0.1, 0.15) is 10.0 Å². The van der Waals surface area contributed by atoms with Crippen molar-refractivity contribution in [2.45, 2.75) is 26.4 Å². The number of halogens is 1. The van der Waals surface area contributed by atoms with Gasteiger partial charge in [0.2, 0.25) is 5.91 Å². The van der Waals surface area contributed by atoms with Crippen molar-refractivity contribution in [1.29, 1.82) is 0 Å². The van der Waals surface area contributed by atoms with Gasteiger partial charge in [0.15, 0.2) is 0 Å². The van der Waals surface area contributed by atoms with E-state index in [1.165, 1.54) is 11.5 Å². The number of amides is 1. The molecule has 2 fully saturated rings. The number of hydrogen-bond donors (Lipinski definition) is 0. The predicted octanol–water partition coefficient (Wildman–Crippen LogP) is 1.18. The molecule has 0 radical (unpaired) electrons. The van der Waals surface area contributed by atoms with Gasteiger partial charge in [0.05, 0.1) is 0 Å². The van der Waals surface area contributed by atoms with Crippen molar-refractivity contribution >= 4 is 29.0 Å². The molecule has 1 aromatic heterocycles. The summed E-state index contributed by atoms with van der Waals surface area (Å²) >= 11 is 7.35. The number of aromatic nitrogens is 2. The molecule has 2 aliphatic rings. The SMILES string of the molecule is CC(=O)N1CCN([C@H]2CN(Cc3nnsc3Cl)C[C@@H]2C)CC1. The van der Waals surface area contributed by atoms with Gasteiger partial charge in [-0.2, -0.15) is 0 Å². The zero-order valence-electron chi connectivity index (χ0n) is 13.0. The van der Waals surface area contributed by atoms with Gasteiger partial charge in [-0.05, 0) is 5.92 Å². The molecule has 0 unspecified atom stereocenters. The first-order chi connectivity index (χ1) is 10.5. The Morgan fingerprint density at radius 3 is 2.64 bits per heavy atom. The van der Waals surface area contributed by atoms with Crippen LogP contribution in [-0.4, -0.2) is 75.5 Å². The Morgan fingerprint density at radius 1 is 1.32 bits per heavy atom. The van der Waals surface area contributed by atoms with Crippen LogP contribution in [0.4, 0.5) is 0 Å². The summed E-state index contributed by atoms with van der Waals surface area (Å²) < 4.78 is 4.60. The third-order valence-corrected chi connectivity index (χ3v) is 5.74. The molecule has 8 heteroatoms. The number of piperazine rings is 1. The Labute approximate surface area is 140 Å². The summed E-state index contributed by atoms with van der Waals surface area (Å²) in [4.78, 5) is 18.3. The van der Waals surface area contributed by atoms with E-state index in [2.05, 4.69) is 26.3 Å². The Bertz CT molecular complexity index is 531. The molecule has 0 aromatic carbocycles. The molecule has 122 valence electrons. The van der Waals surface area contributed by atoms with Crippen LogP contribution in [0.2, 0.25) is 4.34 Å². The lowest BCUT2D eigenvalue weighted by atomic mass is 10.0. The van der Waals surface area contributed by atoms with E-state index in [1.807, 2.05) is 4.90 Å². The molecule has 6 nitrogen and oxygen atoms in total. The summed E-state index contributed by atoms with van der Waals surface area (Å²) in [6.07, 6.45) is 0. The highest BCUT2D eigenvalue weighted by atomic mass is 35.5. The molecule has 22 heavy (non-hydrogen) atoms. The largest absolute Gasteiger partial charge is 0.340 e. The number of nitrogens with zero attached hydrogens (tertiary/aromatic N) is 5. The molecule has 3 heterocycles. The molecule has 3 rings (SSSR count). The predicted molar refractivity (Wildman–Crippen MR) is 87.0 cm³/mol. The van der Waals surface area contributed by atoms with Crippen LogP contribution in [0.5, 0.6) is 0 Å². The van der Waals surface area contributed by atoms with Crippen LogP contribution in [0.25, 0.3) is 0 Å². The Morgan fingerprint density at radius 2 is 2.05 bits per heavy atom. The van der Waals surface area contributed by atoms with Crippen LogP contribution in [0, 0.1) is 5.92 Å². The number of rotatable bonds is 3. The average Bonchev–Trinajstić information content (AvgIpc) is 3.06. The standard InChI is InChI=1S/C14H22ClN5OS/c1-10-7-18(8-12-14(15)22-17-16-12)9-13(10)20-5-3-19(4-6-20)11(2)21/h10,13H,3-9H2,1-2H3/t10-,13-/m0/s1. The van der Waals surface area contributed by atoms with E-state index in [0.29, 0.717) is 16.3 Å². The second-order valence-electron chi connectivity index (χ2n) is 6.27. The quantitative estimate of drug-likeness (QED) is 0.824. The molecule has 1 aromatic rings. The normalized spacial score (nSPS) is 27.5. The van der Waals surface area contributed by atoms with E-state index in [1.54, 1.807) is 6.92 Å². The Balaban J connectivity index is 1.55. The molecule has 2 aliphatic heterocycles. The van der Waals surface area contributed by atoms with E-state index in [9.17, 15) is 4.79 Å². The minimum absolute atomic E-state index is 0.187. The van der Waals surface area contributed by atoms with Crippen LogP contribution >= 0.6 is 23.1 Å². The zero-order chi connectivity index (χ0) is 15.7. The van der Waals surface area contributed by atoms with Crippen LogP contribution in [0.3, 0.4) is 0 Å². The summed E-state index contributed by atoms with van der Waals surface area (Å²) in [7, 11) is 0. The number of likely N-dealkylation sites (tertiary alicyclic amines) is 1. The lowest BCUT2D eigenvalue weighted by molar-refractivity contribution is -0.130. The van der Waals surface area contributed by atoms with E-state index in [4.69, 9.17) is 11.6 Å². The fourth-order valence-electron chi connectivity index (χ4n) is 3.52. The molecule has 0 N–H and O–H groups in total.